The van der Waals surface area contributed by atoms with Gasteiger partial charge in [0, 0.05) is 5.56 Å². The zero-order valence-electron chi connectivity index (χ0n) is 10.5. The second-order valence-electron chi connectivity index (χ2n) is 4.87. The molecule has 18 heavy (non-hydrogen) atoms. The van der Waals surface area contributed by atoms with Gasteiger partial charge in [0.25, 0.3) is 0 Å². The van der Waals surface area contributed by atoms with Crippen LogP contribution in [0.25, 0.3) is 11.4 Å². The zero-order valence-corrected chi connectivity index (χ0v) is 10.5. The molecule has 1 fully saturated rings. The molecule has 0 radical (unpaired) electrons. The lowest BCUT2D eigenvalue weighted by Crippen LogP contribution is -2.12. The van der Waals surface area contributed by atoms with Gasteiger partial charge in [-0.15, -0.1) is 0 Å². The molecule has 1 aromatic heterocycles. The highest BCUT2D eigenvalue weighted by molar-refractivity contribution is 5.54. The molecule has 1 aromatic carbocycles. The lowest BCUT2D eigenvalue weighted by Gasteiger charge is -2.01. The van der Waals surface area contributed by atoms with Gasteiger partial charge in [0.2, 0.25) is 11.7 Å². The molecule has 3 rings (SSSR count). The summed E-state index contributed by atoms with van der Waals surface area (Å²) in [4.78, 5) is 4.39. The second-order valence-corrected chi connectivity index (χ2v) is 4.87. The number of nitrogens with two attached hydrogens (primary N) is 1. The van der Waals surface area contributed by atoms with Crippen LogP contribution < -0.4 is 5.73 Å². The van der Waals surface area contributed by atoms with Crippen LogP contribution in [0.2, 0.25) is 0 Å². The van der Waals surface area contributed by atoms with Gasteiger partial charge in [0.1, 0.15) is 0 Å². The van der Waals surface area contributed by atoms with Crippen LogP contribution >= 0.6 is 0 Å². The zero-order chi connectivity index (χ0) is 12.5. The molecule has 4 nitrogen and oxygen atoms in total. The van der Waals surface area contributed by atoms with Crippen molar-refractivity contribution in [2.24, 2.45) is 11.7 Å². The van der Waals surface area contributed by atoms with E-state index in [1.165, 1.54) is 18.4 Å². The molecule has 2 aromatic rings. The number of aromatic nitrogens is 2. The van der Waals surface area contributed by atoms with Gasteiger partial charge >= 0.3 is 0 Å². The first kappa shape index (κ1) is 11.4. The molecule has 0 aliphatic heterocycles. The molecule has 0 bridgehead atoms. The molecule has 1 aliphatic rings. The molecule has 0 spiro atoms. The maximum Gasteiger partial charge on any atom is 0.244 e. The van der Waals surface area contributed by atoms with Crippen LogP contribution in [-0.4, -0.2) is 10.1 Å². The molecule has 1 saturated carbocycles. The standard InChI is InChI=1S/C14H17N3O/c1-2-9-3-5-11(6-4-9)13-16-14(18-17-13)12(15)10-7-8-10/h3-6,10,12H,2,7-8,15H2,1H3. The summed E-state index contributed by atoms with van der Waals surface area (Å²) in [6, 6.07) is 8.13. The summed E-state index contributed by atoms with van der Waals surface area (Å²) in [6.07, 6.45) is 3.37. The van der Waals surface area contributed by atoms with Crippen LogP contribution in [-0.2, 0) is 6.42 Å². The van der Waals surface area contributed by atoms with Gasteiger partial charge in [0.05, 0.1) is 6.04 Å². The van der Waals surface area contributed by atoms with Crippen molar-refractivity contribution in [1.29, 1.82) is 0 Å². The van der Waals surface area contributed by atoms with Crippen molar-refractivity contribution in [3.05, 3.63) is 35.7 Å². The average Bonchev–Trinajstić information content (AvgIpc) is 3.15. The average molecular weight is 243 g/mol. The molecule has 4 heteroatoms. The molecule has 2 N–H and O–H groups in total. The predicted octanol–water partition coefficient (Wildman–Crippen LogP) is 2.71. The van der Waals surface area contributed by atoms with E-state index in [9.17, 15) is 0 Å². The number of rotatable bonds is 4. The van der Waals surface area contributed by atoms with Crippen LogP contribution in [0.1, 0.15) is 37.3 Å². The van der Waals surface area contributed by atoms with E-state index >= 15 is 0 Å². The minimum Gasteiger partial charge on any atom is -0.337 e. The van der Waals surface area contributed by atoms with Crippen LogP contribution in [0.15, 0.2) is 28.8 Å². The fourth-order valence-electron chi connectivity index (χ4n) is 2.03. The number of aryl methyl sites for hydroxylation is 1. The van der Waals surface area contributed by atoms with E-state index < -0.39 is 0 Å². The number of nitrogens with zero attached hydrogens (tertiary/aromatic N) is 2. The van der Waals surface area contributed by atoms with Gasteiger partial charge in [-0.05, 0) is 30.7 Å². The first-order valence-corrected chi connectivity index (χ1v) is 6.46. The third-order valence-electron chi connectivity index (χ3n) is 3.48. The quantitative estimate of drug-likeness (QED) is 0.896. The fourth-order valence-corrected chi connectivity index (χ4v) is 2.03. The van der Waals surface area contributed by atoms with Crippen LogP contribution in [0.4, 0.5) is 0 Å². The molecule has 1 atom stereocenters. The highest BCUT2D eigenvalue weighted by atomic mass is 16.5. The molecular formula is C14H17N3O. The molecule has 1 unspecified atom stereocenters. The first-order chi connectivity index (χ1) is 8.78. The number of hydrogen-bond acceptors (Lipinski definition) is 4. The lowest BCUT2D eigenvalue weighted by atomic mass is 10.1. The minimum atomic E-state index is -0.0961. The van der Waals surface area contributed by atoms with Crippen molar-refractivity contribution in [1.82, 2.24) is 10.1 Å². The Labute approximate surface area is 106 Å². The lowest BCUT2D eigenvalue weighted by molar-refractivity contribution is 0.343. The predicted molar refractivity (Wildman–Crippen MR) is 68.8 cm³/mol. The maximum atomic E-state index is 6.04. The van der Waals surface area contributed by atoms with E-state index in [0.29, 0.717) is 17.6 Å². The van der Waals surface area contributed by atoms with Gasteiger partial charge in [-0.1, -0.05) is 36.3 Å². The third-order valence-corrected chi connectivity index (χ3v) is 3.48. The number of benzene rings is 1. The van der Waals surface area contributed by atoms with Crippen molar-refractivity contribution >= 4 is 0 Å². The molecule has 1 heterocycles. The molecule has 94 valence electrons. The van der Waals surface area contributed by atoms with Crippen molar-refractivity contribution < 1.29 is 4.52 Å². The highest BCUT2D eigenvalue weighted by Gasteiger charge is 2.33. The smallest absolute Gasteiger partial charge is 0.244 e. The first-order valence-electron chi connectivity index (χ1n) is 6.46. The topological polar surface area (TPSA) is 64.9 Å². The SMILES string of the molecule is CCc1ccc(-c2noc(C(N)C3CC3)n2)cc1. The minimum absolute atomic E-state index is 0.0961. The normalized spacial score (nSPS) is 16.8. The van der Waals surface area contributed by atoms with Gasteiger partial charge in [-0.3, -0.25) is 0 Å². The van der Waals surface area contributed by atoms with E-state index in [0.717, 1.165) is 12.0 Å². The monoisotopic (exact) mass is 243 g/mol. The molecule has 1 aliphatic carbocycles. The van der Waals surface area contributed by atoms with Crippen LogP contribution in [0.3, 0.4) is 0 Å². The van der Waals surface area contributed by atoms with Crippen molar-refractivity contribution in [2.75, 3.05) is 0 Å². The summed E-state index contributed by atoms with van der Waals surface area (Å²) < 4.78 is 5.25. The van der Waals surface area contributed by atoms with Gasteiger partial charge in [0.15, 0.2) is 0 Å². The number of hydrogen-bond donors (Lipinski definition) is 1. The second kappa shape index (κ2) is 4.53. The van der Waals surface area contributed by atoms with E-state index in [-0.39, 0.29) is 6.04 Å². The van der Waals surface area contributed by atoms with Gasteiger partial charge in [-0.25, -0.2) is 0 Å². The van der Waals surface area contributed by atoms with E-state index in [1.807, 2.05) is 12.1 Å². The molecule has 0 amide bonds. The van der Waals surface area contributed by atoms with Crippen LogP contribution in [0.5, 0.6) is 0 Å². The Balaban J connectivity index is 1.82. The Morgan fingerprint density at radius 2 is 2.06 bits per heavy atom. The Morgan fingerprint density at radius 1 is 1.33 bits per heavy atom. The molecular weight excluding hydrogens is 226 g/mol. The fraction of sp³-hybridized carbons (Fsp3) is 0.429. The summed E-state index contributed by atoms with van der Waals surface area (Å²) in [5.41, 5.74) is 8.32. The Hall–Kier alpha value is -1.68. The van der Waals surface area contributed by atoms with Crippen molar-refractivity contribution in [3.8, 4) is 11.4 Å². The summed E-state index contributed by atoms with van der Waals surface area (Å²) >= 11 is 0. The van der Waals surface area contributed by atoms with E-state index in [4.69, 9.17) is 10.3 Å². The van der Waals surface area contributed by atoms with E-state index in [1.54, 1.807) is 0 Å². The summed E-state index contributed by atoms with van der Waals surface area (Å²) in [5, 5.41) is 4.01. The maximum absolute atomic E-state index is 6.04. The summed E-state index contributed by atoms with van der Waals surface area (Å²) in [5.74, 6) is 1.72. The Bertz CT molecular complexity index is 528. The Kier molecular flexibility index (Phi) is 2.88. The van der Waals surface area contributed by atoms with E-state index in [2.05, 4.69) is 29.2 Å². The van der Waals surface area contributed by atoms with Crippen molar-refractivity contribution in [3.63, 3.8) is 0 Å². The largest absolute Gasteiger partial charge is 0.337 e. The summed E-state index contributed by atoms with van der Waals surface area (Å²) in [6.45, 7) is 2.14. The van der Waals surface area contributed by atoms with Crippen LogP contribution in [0, 0.1) is 5.92 Å². The summed E-state index contributed by atoms with van der Waals surface area (Å²) in [7, 11) is 0. The van der Waals surface area contributed by atoms with Gasteiger partial charge in [-0.2, -0.15) is 4.98 Å². The van der Waals surface area contributed by atoms with Crippen molar-refractivity contribution in [2.45, 2.75) is 32.2 Å². The highest BCUT2D eigenvalue weighted by Crippen LogP contribution is 2.39. The third kappa shape index (κ3) is 2.16. The van der Waals surface area contributed by atoms with Gasteiger partial charge < -0.3 is 10.3 Å². The Morgan fingerprint density at radius 3 is 2.67 bits per heavy atom. The molecule has 0 saturated heterocycles.